The number of aliphatic hydroxyl groups excluding tert-OH is 1. The zero-order valence-electron chi connectivity index (χ0n) is 11.8. The van der Waals surface area contributed by atoms with Crippen molar-refractivity contribution >= 4 is 16.6 Å². The minimum atomic E-state index is -0.563. The Balaban J connectivity index is 1.56. The highest BCUT2D eigenvalue weighted by Crippen LogP contribution is 2.28. The van der Waals surface area contributed by atoms with E-state index in [1.54, 1.807) is 12.3 Å². The fraction of sp³-hybridized carbons (Fsp3) is 0.438. The van der Waals surface area contributed by atoms with Crippen LogP contribution in [0.5, 0.6) is 0 Å². The summed E-state index contributed by atoms with van der Waals surface area (Å²) in [5.41, 5.74) is 1.43. The molecule has 0 aliphatic heterocycles. The molecule has 0 spiro atoms. The quantitative estimate of drug-likeness (QED) is 0.823. The first-order chi connectivity index (χ1) is 10.2. The van der Waals surface area contributed by atoms with E-state index in [1.807, 2.05) is 6.07 Å². The molecule has 0 saturated heterocycles. The SMILES string of the molecule is OC(CNc1ccnc2cc(F)ccc12)COCC1CC1. The van der Waals surface area contributed by atoms with Gasteiger partial charge in [-0.05, 0) is 37.0 Å². The summed E-state index contributed by atoms with van der Waals surface area (Å²) in [6.45, 7) is 1.47. The third-order valence-corrected chi connectivity index (χ3v) is 3.59. The van der Waals surface area contributed by atoms with Gasteiger partial charge in [-0.25, -0.2) is 4.39 Å². The molecule has 0 amide bonds. The van der Waals surface area contributed by atoms with Crippen molar-refractivity contribution in [2.75, 3.05) is 25.1 Å². The van der Waals surface area contributed by atoms with Crippen LogP contribution in [0.15, 0.2) is 30.5 Å². The smallest absolute Gasteiger partial charge is 0.125 e. The summed E-state index contributed by atoms with van der Waals surface area (Å²) < 4.78 is 18.6. The number of hydrogen-bond donors (Lipinski definition) is 2. The van der Waals surface area contributed by atoms with Crippen LogP contribution < -0.4 is 5.32 Å². The van der Waals surface area contributed by atoms with Gasteiger partial charge < -0.3 is 15.2 Å². The average Bonchev–Trinajstić information content (AvgIpc) is 3.29. The number of pyridine rings is 1. The van der Waals surface area contributed by atoms with Crippen molar-refractivity contribution in [3.8, 4) is 0 Å². The molecule has 1 unspecified atom stereocenters. The molecule has 3 rings (SSSR count). The first-order valence-electron chi connectivity index (χ1n) is 7.26. The number of rotatable bonds is 7. The van der Waals surface area contributed by atoms with Gasteiger partial charge in [0.2, 0.25) is 0 Å². The number of ether oxygens (including phenoxy) is 1. The van der Waals surface area contributed by atoms with E-state index in [0.29, 0.717) is 24.6 Å². The van der Waals surface area contributed by atoms with Crippen molar-refractivity contribution in [2.24, 2.45) is 5.92 Å². The highest BCUT2D eigenvalue weighted by molar-refractivity contribution is 5.90. The van der Waals surface area contributed by atoms with E-state index in [-0.39, 0.29) is 5.82 Å². The molecule has 21 heavy (non-hydrogen) atoms. The van der Waals surface area contributed by atoms with E-state index in [4.69, 9.17) is 4.74 Å². The van der Waals surface area contributed by atoms with Gasteiger partial charge in [-0.3, -0.25) is 4.98 Å². The summed E-state index contributed by atoms with van der Waals surface area (Å²) in [5.74, 6) is 0.393. The highest BCUT2D eigenvalue weighted by Gasteiger charge is 2.21. The molecular weight excluding hydrogens is 271 g/mol. The number of benzene rings is 1. The van der Waals surface area contributed by atoms with E-state index in [1.165, 1.54) is 25.0 Å². The van der Waals surface area contributed by atoms with E-state index in [9.17, 15) is 9.50 Å². The van der Waals surface area contributed by atoms with Gasteiger partial charge >= 0.3 is 0 Å². The molecular formula is C16H19FN2O2. The van der Waals surface area contributed by atoms with Gasteiger partial charge in [-0.2, -0.15) is 0 Å². The molecule has 4 nitrogen and oxygen atoms in total. The molecule has 2 aromatic rings. The van der Waals surface area contributed by atoms with Crippen LogP contribution >= 0.6 is 0 Å². The molecule has 5 heteroatoms. The molecule has 1 aromatic heterocycles. The summed E-state index contributed by atoms with van der Waals surface area (Å²) >= 11 is 0. The molecule has 0 bridgehead atoms. The molecule has 1 aliphatic rings. The maximum absolute atomic E-state index is 13.2. The van der Waals surface area contributed by atoms with Crippen molar-refractivity contribution in [1.82, 2.24) is 4.98 Å². The van der Waals surface area contributed by atoms with Gasteiger partial charge in [0, 0.05) is 36.5 Å². The predicted octanol–water partition coefficient (Wildman–Crippen LogP) is 2.57. The second-order valence-electron chi connectivity index (χ2n) is 5.54. The Hall–Kier alpha value is -1.72. The summed E-state index contributed by atoms with van der Waals surface area (Å²) in [6, 6.07) is 6.31. The van der Waals surface area contributed by atoms with Crippen LogP contribution in [0.25, 0.3) is 10.9 Å². The Morgan fingerprint density at radius 3 is 3.05 bits per heavy atom. The number of nitrogens with one attached hydrogen (secondary N) is 1. The number of aromatic nitrogens is 1. The lowest BCUT2D eigenvalue weighted by Crippen LogP contribution is -2.25. The Morgan fingerprint density at radius 2 is 2.24 bits per heavy atom. The minimum absolute atomic E-state index is 0.305. The van der Waals surface area contributed by atoms with E-state index >= 15 is 0 Å². The van der Waals surface area contributed by atoms with Crippen molar-refractivity contribution in [2.45, 2.75) is 18.9 Å². The molecule has 0 radical (unpaired) electrons. The van der Waals surface area contributed by atoms with Gasteiger partial charge in [0.1, 0.15) is 5.82 Å². The average molecular weight is 290 g/mol. The van der Waals surface area contributed by atoms with Crippen LogP contribution in [-0.4, -0.2) is 36.0 Å². The van der Waals surface area contributed by atoms with Crippen molar-refractivity contribution in [1.29, 1.82) is 0 Å². The number of halogens is 1. The number of aliphatic hydroxyl groups is 1. The van der Waals surface area contributed by atoms with Gasteiger partial charge in [0.15, 0.2) is 0 Å². The molecule has 1 aliphatic carbocycles. The highest BCUT2D eigenvalue weighted by atomic mass is 19.1. The maximum atomic E-state index is 13.2. The first kappa shape index (κ1) is 14.2. The third-order valence-electron chi connectivity index (χ3n) is 3.59. The normalized spacial score (nSPS) is 16.1. The van der Waals surface area contributed by atoms with Crippen molar-refractivity contribution in [3.63, 3.8) is 0 Å². The molecule has 2 N–H and O–H groups in total. The topological polar surface area (TPSA) is 54.4 Å². The first-order valence-corrected chi connectivity index (χ1v) is 7.26. The Morgan fingerprint density at radius 1 is 1.38 bits per heavy atom. The van der Waals surface area contributed by atoms with Gasteiger partial charge in [0.25, 0.3) is 0 Å². The van der Waals surface area contributed by atoms with Crippen LogP contribution in [0.2, 0.25) is 0 Å². The lowest BCUT2D eigenvalue weighted by atomic mass is 10.2. The summed E-state index contributed by atoms with van der Waals surface area (Å²) in [6.07, 6.45) is 3.55. The van der Waals surface area contributed by atoms with Crippen molar-refractivity contribution < 1.29 is 14.2 Å². The third kappa shape index (κ3) is 3.89. The number of nitrogens with zero attached hydrogens (tertiary/aromatic N) is 1. The van der Waals surface area contributed by atoms with Crippen LogP contribution in [0.4, 0.5) is 10.1 Å². The van der Waals surface area contributed by atoms with Crippen LogP contribution in [0.3, 0.4) is 0 Å². The summed E-state index contributed by atoms with van der Waals surface area (Å²) in [5, 5.41) is 13.9. The zero-order valence-corrected chi connectivity index (χ0v) is 11.8. The number of fused-ring (bicyclic) bond motifs is 1. The second kappa shape index (κ2) is 6.37. The standard InChI is InChI=1S/C16H19FN2O2/c17-12-3-4-14-15(5-6-18-16(14)7-12)19-8-13(20)10-21-9-11-1-2-11/h3-7,11,13,20H,1-2,8-10H2,(H,18,19). The maximum Gasteiger partial charge on any atom is 0.125 e. The summed E-state index contributed by atoms with van der Waals surface area (Å²) in [4.78, 5) is 4.14. The lowest BCUT2D eigenvalue weighted by molar-refractivity contribution is 0.0386. The Bertz CT molecular complexity index is 616. The monoisotopic (exact) mass is 290 g/mol. The van der Waals surface area contributed by atoms with E-state index in [2.05, 4.69) is 10.3 Å². The molecule has 1 atom stereocenters. The molecule has 1 saturated carbocycles. The van der Waals surface area contributed by atoms with Gasteiger partial charge in [-0.1, -0.05) is 0 Å². The number of hydrogen-bond acceptors (Lipinski definition) is 4. The van der Waals surface area contributed by atoms with Crippen LogP contribution in [0.1, 0.15) is 12.8 Å². The molecule has 112 valence electrons. The Kier molecular flexibility index (Phi) is 4.31. The fourth-order valence-corrected chi connectivity index (χ4v) is 2.22. The molecule has 1 heterocycles. The molecule has 1 fully saturated rings. The second-order valence-corrected chi connectivity index (χ2v) is 5.54. The minimum Gasteiger partial charge on any atom is -0.389 e. The van der Waals surface area contributed by atoms with Crippen molar-refractivity contribution in [3.05, 3.63) is 36.3 Å². The fourth-order valence-electron chi connectivity index (χ4n) is 2.22. The van der Waals surface area contributed by atoms with E-state index < -0.39 is 6.10 Å². The van der Waals surface area contributed by atoms with Gasteiger partial charge in [-0.15, -0.1) is 0 Å². The predicted molar refractivity (Wildman–Crippen MR) is 79.7 cm³/mol. The zero-order chi connectivity index (χ0) is 14.7. The summed E-state index contributed by atoms with van der Waals surface area (Å²) in [7, 11) is 0. The Labute approximate surface area is 123 Å². The van der Waals surface area contributed by atoms with Crippen LogP contribution in [-0.2, 0) is 4.74 Å². The molecule has 1 aromatic carbocycles. The number of anilines is 1. The lowest BCUT2D eigenvalue weighted by Gasteiger charge is -2.14. The van der Waals surface area contributed by atoms with Crippen LogP contribution in [0, 0.1) is 11.7 Å². The van der Waals surface area contributed by atoms with E-state index in [0.717, 1.165) is 17.7 Å². The largest absolute Gasteiger partial charge is 0.389 e. The van der Waals surface area contributed by atoms with Gasteiger partial charge in [0.05, 0.1) is 18.2 Å².